The molecule has 3 rings (SSSR count). The van der Waals surface area contributed by atoms with Crippen molar-refractivity contribution in [2.45, 2.75) is 0 Å². The van der Waals surface area contributed by atoms with Gasteiger partial charge in [0.15, 0.2) is 4.32 Å². The molecular formula is C15H9BrN2O3S2. The lowest BCUT2D eigenvalue weighted by Gasteiger charge is -2.06. The van der Waals surface area contributed by atoms with Gasteiger partial charge in [0.2, 0.25) is 0 Å². The highest BCUT2D eigenvalue weighted by Crippen LogP contribution is 2.33. The van der Waals surface area contributed by atoms with Gasteiger partial charge in [0.25, 0.3) is 5.91 Å². The van der Waals surface area contributed by atoms with E-state index < -0.39 is 0 Å². The first-order valence-electron chi connectivity index (χ1n) is 6.38. The fourth-order valence-electron chi connectivity index (χ4n) is 1.81. The number of thiocarbonyl (C=S) groups is 1. The van der Waals surface area contributed by atoms with Crippen LogP contribution in [0.5, 0.6) is 5.75 Å². The first-order valence-corrected chi connectivity index (χ1v) is 8.40. The Bertz CT molecular complexity index is 831. The van der Waals surface area contributed by atoms with Crippen molar-refractivity contribution in [1.29, 1.82) is 0 Å². The summed E-state index contributed by atoms with van der Waals surface area (Å²) in [7, 11) is 0. The molecule has 1 N–H and O–H groups in total. The van der Waals surface area contributed by atoms with Gasteiger partial charge in [-0.1, -0.05) is 27.7 Å². The Morgan fingerprint density at radius 3 is 2.96 bits per heavy atom. The molecule has 1 amide bonds. The minimum atomic E-state index is -0.331. The lowest BCUT2D eigenvalue weighted by molar-refractivity contribution is -0.122. The summed E-state index contributed by atoms with van der Waals surface area (Å²) < 4.78 is 6.30. The highest BCUT2D eigenvalue weighted by Gasteiger charge is 2.32. The summed E-state index contributed by atoms with van der Waals surface area (Å²) >= 11 is 9.63. The lowest BCUT2D eigenvalue weighted by Crippen LogP contribution is -2.22. The minimum Gasteiger partial charge on any atom is -0.507 e. The van der Waals surface area contributed by atoms with Crippen molar-refractivity contribution >= 4 is 62.4 Å². The third-order valence-electron chi connectivity index (χ3n) is 2.89. The zero-order chi connectivity index (χ0) is 16.4. The SMILES string of the molecule is O=C1C(=Cc2ccco2)SC(=S)N1/N=C/c1cc(Br)ccc1O. The Morgan fingerprint density at radius 1 is 1.39 bits per heavy atom. The third kappa shape index (κ3) is 3.54. The van der Waals surface area contributed by atoms with E-state index in [2.05, 4.69) is 21.0 Å². The molecule has 0 atom stereocenters. The zero-order valence-electron chi connectivity index (χ0n) is 11.5. The van der Waals surface area contributed by atoms with Crippen molar-refractivity contribution in [1.82, 2.24) is 5.01 Å². The van der Waals surface area contributed by atoms with Gasteiger partial charge < -0.3 is 9.52 Å². The van der Waals surface area contributed by atoms with Gasteiger partial charge in [-0.2, -0.15) is 10.1 Å². The molecule has 116 valence electrons. The Labute approximate surface area is 149 Å². The highest BCUT2D eigenvalue weighted by molar-refractivity contribution is 9.10. The first kappa shape index (κ1) is 16.0. The molecule has 0 saturated carbocycles. The average Bonchev–Trinajstić information content (AvgIpc) is 3.11. The quantitative estimate of drug-likeness (QED) is 0.472. The van der Waals surface area contributed by atoms with Crippen LogP contribution in [0.2, 0.25) is 0 Å². The second kappa shape index (κ2) is 6.69. The van der Waals surface area contributed by atoms with E-state index in [1.807, 2.05) is 0 Å². The molecule has 0 radical (unpaired) electrons. The van der Waals surface area contributed by atoms with Crippen LogP contribution in [-0.4, -0.2) is 26.6 Å². The number of amides is 1. The summed E-state index contributed by atoms with van der Waals surface area (Å²) in [4.78, 5) is 12.8. The molecule has 1 aliphatic rings. The van der Waals surface area contributed by atoms with Crippen molar-refractivity contribution < 1.29 is 14.3 Å². The molecule has 0 spiro atoms. The standard InChI is InChI=1S/C15H9BrN2O3S2/c16-10-3-4-12(19)9(6-10)8-17-18-14(20)13(23-15(18)22)7-11-2-1-5-21-11/h1-8,19H/b13-7?,17-8+. The summed E-state index contributed by atoms with van der Waals surface area (Å²) in [6.07, 6.45) is 4.53. The maximum absolute atomic E-state index is 12.3. The topological polar surface area (TPSA) is 66.0 Å². The summed E-state index contributed by atoms with van der Waals surface area (Å²) in [5, 5.41) is 15.0. The number of benzene rings is 1. The average molecular weight is 409 g/mol. The van der Waals surface area contributed by atoms with Crippen LogP contribution in [0.3, 0.4) is 0 Å². The summed E-state index contributed by atoms with van der Waals surface area (Å²) in [6, 6.07) is 8.41. The number of nitrogens with zero attached hydrogens (tertiary/aromatic N) is 2. The maximum Gasteiger partial charge on any atom is 0.286 e. The van der Waals surface area contributed by atoms with Crippen LogP contribution in [0.15, 0.2) is 55.5 Å². The Balaban J connectivity index is 1.83. The Kier molecular flexibility index (Phi) is 4.65. The molecule has 1 aliphatic heterocycles. The van der Waals surface area contributed by atoms with Gasteiger partial charge in [-0.3, -0.25) is 4.79 Å². The fourth-order valence-corrected chi connectivity index (χ4v) is 3.34. The van der Waals surface area contributed by atoms with Crippen LogP contribution in [-0.2, 0) is 4.79 Å². The van der Waals surface area contributed by atoms with Crippen LogP contribution in [0, 0.1) is 0 Å². The number of halogens is 1. The predicted molar refractivity (Wildman–Crippen MR) is 97.1 cm³/mol. The molecule has 1 fully saturated rings. The van der Waals surface area contributed by atoms with E-state index in [1.54, 1.807) is 30.3 Å². The van der Waals surface area contributed by atoms with Gasteiger partial charge in [0.1, 0.15) is 11.5 Å². The fraction of sp³-hybridized carbons (Fsp3) is 0. The zero-order valence-corrected chi connectivity index (χ0v) is 14.7. The minimum absolute atomic E-state index is 0.0634. The number of aromatic hydroxyl groups is 1. The molecule has 2 heterocycles. The number of hydrogen-bond donors (Lipinski definition) is 1. The summed E-state index contributed by atoms with van der Waals surface area (Å²) in [5.41, 5.74) is 0.475. The van der Waals surface area contributed by atoms with Gasteiger partial charge >= 0.3 is 0 Å². The molecule has 0 aliphatic carbocycles. The largest absolute Gasteiger partial charge is 0.507 e. The van der Waals surface area contributed by atoms with Crippen LogP contribution >= 0.6 is 39.9 Å². The van der Waals surface area contributed by atoms with Crippen molar-refractivity contribution in [2.75, 3.05) is 0 Å². The van der Waals surface area contributed by atoms with Gasteiger partial charge in [0.05, 0.1) is 17.4 Å². The lowest BCUT2D eigenvalue weighted by atomic mass is 10.2. The maximum atomic E-state index is 12.3. The second-order valence-electron chi connectivity index (χ2n) is 4.46. The Hall–Kier alpha value is -1.90. The van der Waals surface area contributed by atoms with E-state index in [0.29, 0.717) is 20.5 Å². The van der Waals surface area contributed by atoms with Crippen molar-refractivity contribution in [3.8, 4) is 5.75 Å². The highest BCUT2D eigenvalue weighted by atomic mass is 79.9. The van der Waals surface area contributed by atoms with E-state index in [-0.39, 0.29) is 11.7 Å². The predicted octanol–water partition coefficient (Wildman–Crippen LogP) is 3.98. The molecular weight excluding hydrogens is 400 g/mol. The van der Waals surface area contributed by atoms with Gasteiger partial charge in [-0.25, -0.2) is 0 Å². The van der Waals surface area contributed by atoms with Gasteiger partial charge in [-0.15, -0.1) is 0 Å². The smallest absolute Gasteiger partial charge is 0.286 e. The van der Waals surface area contributed by atoms with E-state index in [0.717, 1.165) is 21.2 Å². The van der Waals surface area contributed by atoms with Crippen molar-refractivity contribution in [2.24, 2.45) is 5.10 Å². The van der Waals surface area contributed by atoms with Gasteiger partial charge in [0, 0.05) is 16.1 Å². The number of phenolic OH excluding ortho intramolecular Hbond substituents is 1. The van der Waals surface area contributed by atoms with E-state index in [4.69, 9.17) is 16.6 Å². The molecule has 1 saturated heterocycles. The third-order valence-corrected chi connectivity index (χ3v) is 4.67. The van der Waals surface area contributed by atoms with E-state index in [1.165, 1.54) is 18.5 Å². The van der Waals surface area contributed by atoms with Crippen LogP contribution in [0.25, 0.3) is 6.08 Å². The van der Waals surface area contributed by atoms with Crippen LogP contribution in [0.4, 0.5) is 0 Å². The Morgan fingerprint density at radius 2 is 2.22 bits per heavy atom. The molecule has 8 heteroatoms. The second-order valence-corrected chi connectivity index (χ2v) is 7.05. The van der Waals surface area contributed by atoms with E-state index in [9.17, 15) is 9.90 Å². The molecule has 2 aromatic rings. The molecule has 0 unspecified atom stereocenters. The molecule has 5 nitrogen and oxygen atoms in total. The summed E-state index contributed by atoms with van der Waals surface area (Å²) in [6.45, 7) is 0. The molecule has 23 heavy (non-hydrogen) atoms. The number of thioether (sulfide) groups is 1. The van der Waals surface area contributed by atoms with Crippen LogP contribution < -0.4 is 0 Å². The number of hydrogen-bond acceptors (Lipinski definition) is 6. The number of carbonyl (C=O) groups excluding carboxylic acids is 1. The summed E-state index contributed by atoms with van der Waals surface area (Å²) in [5.74, 6) is 0.301. The number of phenols is 1. The molecule has 1 aromatic heterocycles. The van der Waals surface area contributed by atoms with Gasteiger partial charge in [-0.05, 0) is 42.5 Å². The monoisotopic (exact) mass is 408 g/mol. The first-order chi connectivity index (χ1) is 11.0. The number of hydrazone groups is 1. The van der Waals surface area contributed by atoms with Crippen LogP contribution in [0.1, 0.15) is 11.3 Å². The normalized spacial score (nSPS) is 16.9. The number of rotatable bonds is 3. The molecule has 0 bridgehead atoms. The number of furan rings is 1. The van der Waals surface area contributed by atoms with E-state index >= 15 is 0 Å². The van der Waals surface area contributed by atoms with Crippen molar-refractivity contribution in [3.05, 3.63) is 57.3 Å². The molecule has 1 aromatic carbocycles. The van der Waals surface area contributed by atoms with Crippen molar-refractivity contribution in [3.63, 3.8) is 0 Å². The number of carbonyl (C=O) groups is 1.